The molecule has 0 aliphatic heterocycles. The predicted molar refractivity (Wildman–Crippen MR) is 242 cm³/mol. The van der Waals surface area contributed by atoms with Crippen molar-refractivity contribution in [2.75, 3.05) is 0 Å². The van der Waals surface area contributed by atoms with Gasteiger partial charge >= 0.3 is 0 Å². The fraction of sp³-hybridized carbons (Fsp3) is 0.440. The summed E-state index contributed by atoms with van der Waals surface area (Å²) in [5.74, 6) is 0.955. The van der Waals surface area contributed by atoms with Gasteiger partial charge in [-0.3, -0.25) is 9.78 Å². The molecule has 0 unspecified atom stereocenters. The molecule has 6 heteroatoms. The van der Waals surface area contributed by atoms with Gasteiger partial charge in [-0.1, -0.05) is 117 Å². The van der Waals surface area contributed by atoms with Crippen LogP contribution in [0.2, 0.25) is 0 Å². The summed E-state index contributed by atoms with van der Waals surface area (Å²) in [7, 11) is 0. The van der Waals surface area contributed by atoms with Gasteiger partial charge in [-0.05, 0) is 96.9 Å². The molecule has 0 amide bonds. The number of fused-ring (bicyclic) bond motifs is 3. The van der Waals surface area contributed by atoms with Crippen molar-refractivity contribution in [2.45, 2.75) is 128 Å². The van der Waals surface area contributed by atoms with Gasteiger partial charge in [-0.15, -0.1) is 51.8 Å². The van der Waals surface area contributed by atoms with Crippen LogP contribution in [0.5, 0.6) is 0 Å². The Kier molecular flexibility index (Phi) is 14.8. The largest absolute Gasteiger partial charge is 0.512 e. The first-order valence-electron chi connectivity index (χ1n) is 20.2. The summed E-state index contributed by atoms with van der Waals surface area (Å²) in [6.07, 6.45) is 7.87. The molecule has 6 aromatic rings. The number of aliphatic hydroxyl groups is 1. The predicted octanol–water partition coefficient (Wildman–Crippen LogP) is 15.6. The molecule has 3 nitrogen and oxygen atoms in total. The topological polar surface area (TPSA) is 50.2 Å². The Balaban J connectivity index is 0.000000330. The van der Waals surface area contributed by atoms with Crippen molar-refractivity contribution in [2.24, 2.45) is 16.7 Å². The summed E-state index contributed by atoms with van der Waals surface area (Å²) in [6.45, 7) is 28.1. The molecule has 3 aromatic heterocycles. The van der Waals surface area contributed by atoms with Gasteiger partial charge in [0.25, 0.3) is 0 Å². The molecule has 0 fully saturated rings. The van der Waals surface area contributed by atoms with Gasteiger partial charge in [0.2, 0.25) is 0 Å². The van der Waals surface area contributed by atoms with Crippen LogP contribution < -0.4 is 0 Å². The molecule has 3 heterocycles. The van der Waals surface area contributed by atoms with E-state index in [-0.39, 0.29) is 47.9 Å². The SMILES string of the molecule is CCC(C)(CC)C(=O)/C=C(\O)C(C)(CC)CC.Cc1c(CC(C)C)sc2cc(-c3sc4c(-c5[c-]c6ccccc6c(C(C)(C)C)c5)nccc4c3C)ccc12.[Ir]. The van der Waals surface area contributed by atoms with Gasteiger partial charge in [0.15, 0.2) is 5.78 Å². The molecule has 0 atom stereocenters. The minimum Gasteiger partial charge on any atom is -0.512 e. The minimum atomic E-state index is -0.337. The smallest absolute Gasteiger partial charge is 0.164 e. The number of benzene rings is 3. The third-order valence-corrected chi connectivity index (χ3v) is 14.8. The molecular formula is C50H62IrNO2S2-. The van der Waals surface area contributed by atoms with Crippen LogP contribution in [0.1, 0.15) is 123 Å². The van der Waals surface area contributed by atoms with E-state index in [2.05, 4.69) is 109 Å². The van der Waals surface area contributed by atoms with Crippen molar-refractivity contribution >= 4 is 59.4 Å². The van der Waals surface area contributed by atoms with E-state index in [0.717, 1.165) is 48.7 Å². The number of aliphatic hydroxyl groups excluding tert-OH is 1. The monoisotopic (exact) mass is 965 g/mol. The number of pyridine rings is 1. The minimum absolute atomic E-state index is 0. The molecule has 0 bridgehead atoms. The van der Waals surface area contributed by atoms with Crippen molar-refractivity contribution in [3.8, 4) is 21.7 Å². The van der Waals surface area contributed by atoms with Crippen molar-refractivity contribution in [1.29, 1.82) is 0 Å². The van der Waals surface area contributed by atoms with Crippen LogP contribution >= 0.6 is 22.7 Å². The fourth-order valence-corrected chi connectivity index (χ4v) is 10.0. The normalized spacial score (nSPS) is 12.6. The van der Waals surface area contributed by atoms with Crippen LogP contribution in [0, 0.1) is 36.7 Å². The molecule has 0 spiro atoms. The van der Waals surface area contributed by atoms with E-state index < -0.39 is 0 Å². The molecule has 3 aromatic carbocycles. The summed E-state index contributed by atoms with van der Waals surface area (Å²) in [6, 6.07) is 23.9. The summed E-state index contributed by atoms with van der Waals surface area (Å²) < 4.78 is 2.64. The second-order valence-corrected chi connectivity index (χ2v) is 19.5. The average molecular weight is 965 g/mol. The zero-order valence-electron chi connectivity index (χ0n) is 35.9. The molecule has 1 radical (unpaired) electrons. The first-order valence-corrected chi connectivity index (χ1v) is 21.9. The quantitative estimate of drug-likeness (QED) is 0.0800. The number of hydrogen-bond acceptors (Lipinski definition) is 5. The first-order chi connectivity index (χ1) is 25.9. The van der Waals surface area contributed by atoms with Crippen molar-refractivity contribution in [1.82, 2.24) is 4.98 Å². The zero-order chi connectivity index (χ0) is 40.5. The third-order valence-electron chi connectivity index (χ3n) is 12.2. The van der Waals surface area contributed by atoms with Gasteiger partial charge in [0.05, 0.1) is 0 Å². The van der Waals surface area contributed by atoms with Gasteiger partial charge in [0.1, 0.15) is 5.76 Å². The summed E-state index contributed by atoms with van der Waals surface area (Å²) in [5.41, 5.74) is 6.96. The summed E-state index contributed by atoms with van der Waals surface area (Å²) >= 11 is 3.84. The number of nitrogens with zero attached hydrogens (tertiary/aromatic N) is 1. The van der Waals surface area contributed by atoms with Gasteiger partial charge in [0, 0.05) is 68.1 Å². The van der Waals surface area contributed by atoms with E-state index in [1.165, 1.54) is 63.6 Å². The third kappa shape index (κ3) is 9.25. The summed E-state index contributed by atoms with van der Waals surface area (Å²) in [5, 5.41) is 15.2. The van der Waals surface area contributed by atoms with Crippen LogP contribution in [0.15, 0.2) is 72.6 Å². The van der Waals surface area contributed by atoms with Gasteiger partial charge < -0.3 is 5.11 Å². The second-order valence-electron chi connectivity index (χ2n) is 17.4. The Bertz CT molecular complexity index is 2340. The molecule has 0 aliphatic rings. The first kappa shape index (κ1) is 45.6. The number of hydrogen-bond donors (Lipinski definition) is 1. The van der Waals surface area contributed by atoms with Crippen molar-refractivity contribution in [3.63, 3.8) is 0 Å². The summed E-state index contributed by atoms with van der Waals surface area (Å²) in [4.78, 5) is 20.0. The average Bonchev–Trinajstić information content (AvgIpc) is 3.67. The molecule has 0 saturated carbocycles. The van der Waals surface area contributed by atoms with E-state index in [1.807, 2.05) is 70.4 Å². The number of rotatable bonds is 11. The van der Waals surface area contributed by atoms with E-state index in [9.17, 15) is 9.90 Å². The number of aromatic nitrogens is 1. The Morgan fingerprint density at radius 2 is 1.46 bits per heavy atom. The molecular weight excluding hydrogens is 903 g/mol. The number of thiophene rings is 2. The van der Waals surface area contributed by atoms with E-state index in [1.54, 1.807) is 0 Å². The number of ketones is 1. The Morgan fingerprint density at radius 3 is 2.07 bits per heavy atom. The van der Waals surface area contributed by atoms with Crippen LogP contribution in [-0.2, 0) is 36.7 Å². The van der Waals surface area contributed by atoms with E-state index >= 15 is 0 Å². The Morgan fingerprint density at radius 1 is 0.821 bits per heavy atom. The maximum absolute atomic E-state index is 12.2. The number of carbonyl (C=O) groups is 1. The van der Waals surface area contributed by atoms with Crippen molar-refractivity contribution < 1.29 is 30.0 Å². The van der Waals surface area contributed by atoms with Crippen LogP contribution in [0.25, 0.3) is 52.6 Å². The Labute approximate surface area is 358 Å². The zero-order valence-corrected chi connectivity index (χ0v) is 39.9. The van der Waals surface area contributed by atoms with E-state index in [4.69, 9.17) is 4.98 Å². The van der Waals surface area contributed by atoms with Crippen LogP contribution in [0.4, 0.5) is 0 Å². The Hall–Kier alpha value is -3.15. The molecule has 0 saturated heterocycles. The van der Waals surface area contributed by atoms with Crippen LogP contribution in [-0.4, -0.2) is 15.9 Å². The molecule has 301 valence electrons. The second kappa shape index (κ2) is 18.2. The molecule has 0 aliphatic carbocycles. The number of allylic oxidation sites excluding steroid dienone is 2. The van der Waals surface area contributed by atoms with Gasteiger partial charge in [-0.2, -0.15) is 0 Å². The van der Waals surface area contributed by atoms with E-state index in [0.29, 0.717) is 5.92 Å². The fourth-order valence-electron chi connectivity index (χ4n) is 7.26. The molecule has 1 N–H and O–H groups in total. The number of aryl methyl sites for hydroxylation is 2. The standard InChI is InChI=1S/C35H34NS2.C15H28O2.Ir/c1-20(2)16-30-21(3)26-13-12-24(19-31(26)37-30)33-22(4)27-14-15-36-32(34(27)38-33)25-17-23-10-8-9-11-28(23)29(18-25)35(5,6)7;1-7-14(5,8-2)12(16)11-13(17)15(6,9-3)10-4;/h8-15,18-20H,16H2,1-7H3;11,16H,7-10H2,1-6H3;/q-1;;/b;12-11-;. The van der Waals surface area contributed by atoms with Gasteiger partial charge in [-0.25, -0.2) is 0 Å². The molecule has 6 rings (SSSR count). The van der Waals surface area contributed by atoms with Crippen molar-refractivity contribution in [3.05, 3.63) is 100 Å². The number of carbonyl (C=O) groups excluding carboxylic acids is 1. The van der Waals surface area contributed by atoms with Crippen LogP contribution in [0.3, 0.4) is 0 Å². The molecule has 56 heavy (non-hydrogen) atoms. The maximum Gasteiger partial charge on any atom is 0.164 e. The maximum atomic E-state index is 12.2.